The Morgan fingerprint density at radius 1 is 1.00 bits per heavy atom. The summed E-state index contributed by atoms with van der Waals surface area (Å²) in [5.41, 5.74) is 1.56. The van der Waals surface area contributed by atoms with Crippen LogP contribution in [0.4, 0.5) is 4.39 Å². The Labute approximate surface area is 181 Å². The van der Waals surface area contributed by atoms with Gasteiger partial charge in [0, 0.05) is 17.6 Å². The molecular weight excluding hydrogens is 395 g/mol. The molecule has 31 heavy (non-hydrogen) atoms. The number of aromatic nitrogens is 1. The number of nitrogens with zero attached hydrogens (tertiary/aromatic N) is 1. The summed E-state index contributed by atoms with van der Waals surface area (Å²) in [6, 6.07) is 10.4. The van der Waals surface area contributed by atoms with Gasteiger partial charge in [0.25, 0.3) is 0 Å². The molecule has 1 saturated heterocycles. The van der Waals surface area contributed by atoms with Gasteiger partial charge in [0.2, 0.25) is 0 Å². The van der Waals surface area contributed by atoms with Crippen molar-refractivity contribution in [2.75, 3.05) is 26.8 Å². The third kappa shape index (κ3) is 4.04. The van der Waals surface area contributed by atoms with Crippen LogP contribution in [0, 0.1) is 30.5 Å². The Morgan fingerprint density at radius 2 is 1.81 bits per heavy atom. The van der Waals surface area contributed by atoms with Crippen LogP contribution in [0.15, 0.2) is 42.6 Å². The minimum Gasteiger partial charge on any atom is -0.493 e. The SMILES string of the molecule is COc1cc2c(Oc3ccc(C)cc3F)ccnc2cc1OCC1CC2CNCC2C1. The molecule has 162 valence electrons. The van der Waals surface area contributed by atoms with E-state index in [9.17, 15) is 4.39 Å². The van der Waals surface area contributed by atoms with Crippen molar-refractivity contribution in [2.45, 2.75) is 19.8 Å². The average Bonchev–Trinajstić information content (AvgIpc) is 3.35. The first-order valence-corrected chi connectivity index (χ1v) is 10.8. The van der Waals surface area contributed by atoms with Gasteiger partial charge in [-0.1, -0.05) is 6.07 Å². The maximum atomic E-state index is 14.3. The van der Waals surface area contributed by atoms with Crippen LogP contribution in [0.1, 0.15) is 18.4 Å². The number of nitrogens with one attached hydrogen (secondary N) is 1. The van der Waals surface area contributed by atoms with Gasteiger partial charge in [-0.25, -0.2) is 4.39 Å². The van der Waals surface area contributed by atoms with Crippen LogP contribution in [0.3, 0.4) is 0 Å². The first-order chi connectivity index (χ1) is 15.1. The fourth-order valence-electron chi connectivity index (χ4n) is 4.93. The first kappa shape index (κ1) is 20.1. The van der Waals surface area contributed by atoms with Crippen LogP contribution in [-0.2, 0) is 0 Å². The number of ether oxygens (including phenoxy) is 3. The molecule has 5 rings (SSSR count). The van der Waals surface area contributed by atoms with E-state index in [1.807, 2.05) is 25.1 Å². The van der Waals surface area contributed by atoms with Crippen LogP contribution < -0.4 is 19.5 Å². The molecule has 1 aromatic heterocycles. The standard InChI is InChI=1S/C25H27FN2O3/c1-15-3-4-23(20(26)7-15)31-22-5-6-28-21-11-25(24(29-2)10-19(21)22)30-14-16-8-17-12-27-13-18(17)9-16/h3-7,10-11,16-18,27H,8-9,12-14H2,1-2H3. The van der Waals surface area contributed by atoms with Crippen LogP contribution in [0.2, 0.25) is 0 Å². The summed E-state index contributed by atoms with van der Waals surface area (Å²) in [5, 5.41) is 4.22. The van der Waals surface area contributed by atoms with E-state index in [4.69, 9.17) is 14.2 Å². The Morgan fingerprint density at radius 3 is 2.55 bits per heavy atom. The molecule has 1 aliphatic carbocycles. The number of halogens is 1. The average molecular weight is 423 g/mol. The third-order valence-electron chi connectivity index (χ3n) is 6.52. The van der Waals surface area contributed by atoms with Crippen LogP contribution >= 0.6 is 0 Å². The van der Waals surface area contributed by atoms with Crippen molar-refractivity contribution in [1.82, 2.24) is 10.3 Å². The first-order valence-electron chi connectivity index (χ1n) is 10.8. The van der Waals surface area contributed by atoms with Gasteiger partial charge in [0.15, 0.2) is 23.1 Å². The largest absolute Gasteiger partial charge is 0.493 e. The van der Waals surface area contributed by atoms with Crippen molar-refractivity contribution < 1.29 is 18.6 Å². The molecule has 1 aliphatic heterocycles. The second kappa shape index (κ2) is 8.35. The summed E-state index contributed by atoms with van der Waals surface area (Å²) in [7, 11) is 1.62. The highest BCUT2D eigenvalue weighted by atomic mass is 19.1. The summed E-state index contributed by atoms with van der Waals surface area (Å²) in [6.45, 7) is 4.79. The zero-order valence-corrected chi connectivity index (χ0v) is 17.9. The lowest BCUT2D eigenvalue weighted by molar-refractivity contribution is 0.234. The maximum absolute atomic E-state index is 14.3. The topological polar surface area (TPSA) is 52.6 Å². The summed E-state index contributed by atoms with van der Waals surface area (Å²) < 4.78 is 32.0. The van der Waals surface area contributed by atoms with E-state index in [1.54, 1.807) is 25.4 Å². The van der Waals surface area contributed by atoms with E-state index in [0.717, 1.165) is 35.9 Å². The molecule has 0 radical (unpaired) electrons. The third-order valence-corrected chi connectivity index (χ3v) is 6.52. The van der Waals surface area contributed by atoms with Gasteiger partial charge in [-0.05, 0) is 80.4 Å². The van der Waals surface area contributed by atoms with Crippen LogP contribution in [0.25, 0.3) is 10.9 Å². The van der Waals surface area contributed by atoms with Crippen molar-refractivity contribution in [3.05, 3.63) is 54.0 Å². The lowest BCUT2D eigenvalue weighted by Gasteiger charge is -2.17. The number of aryl methyl sites for hydroxylation is 1. The zero-order valence-electron chi connectivity index (χ0n) is 17.9. The molecule has 1 saturated carbocycles. The Balaban J connectivity index is 1.38. The lowest BCUT2D eigenvalue weighted by atomic mass is 10.0. The van der Waals surface area contributed by atoms with Gasteiger partial charge >= 0.3 is 0 Å². The second-order valence-corrected chi connectivity index (χ2v) is 8.69. The normalized spacial score (nSPS) is 22.5. The van der Waals surface area contributed by atoms with E-state index < -0.39 is 5.82 Å². The number of benzene rings is 2. The van der Waals surface area contributed by atoms with Gasteiger partial charge in [-0.2, -0.15) is 0 Å². The number of pyridine rings is 1. The molecule has 0 amide bonds. The molecule has 0 bridgehead atoms. The van der Waals surface area contributed by atoms with Crippen LogP contribution in [0.5, 0.6) is 23.0 Å². The van der Waals surface area contributed by atoms with Crippen molar-refractivity contribution in [1.29, 1.82) is 0 Å². The molecule has 5 nitrogen and oxygen atoms in total. The zero-order chi connectivity index (χ0) is 21.4. The van der Waals surface area contributed by atoms with E-state index in [-0.39, 0.29) is 5.75 Å². The van der Waals surface area contributed by atoms with Gasteiger partial charge in [-0.3, -0.25) is 4.98 Å². The van der Waals surface area contributed by atoms with Gasteiger partial charge in [0.1, 0.15) is 5.75 Å². The monoisotopic (exact) mass is 422 g/mol. The van der Waals surface area contributed by atoms with E-state index >= 15 is 0 Å². The van der Waals surface area contributed by atoms with Gasteiger partial charge in [-0.15, -0.1) is 0 Å². The fourth-order valence-corrected chi connectivity index (χ4v) is 4.93. The number of rotatable bonds is 6. The Hall–Kier alpha value is -2.86. The van der Waals surface area contributed by atoms with E-state index in [2.05, 4.69) is 10.3 Å². The second-order valence-electron chi connectivity index (χ2n) is 8.69. The summed E-state index contributed by atoms with van der Waals surface area (Å²) in [5.74, 6) is 3.75. The molecule has 2 aromatic carbocycles. The van der Waals surface area contributed by atoms with Gasteiger partial charge in [0.05, 0.1) is 19.2 Å². The molecular formula is C25H27FN2O3. The highest BCUT2D eigenvalue weighted by molar-refractivity contribution is 5.88. The molecule has 2 fully saturated rings. The van der Waals surface area contributed by atoms with Crippen molar-refractivity contribution in [3.63, 3.8) is 0 Å². The summed E-state index contributed by atoms with van der Waals surface area (Å²) in [4.78, 5) is 4.46. The Kier molecular flexibility index (Phi) is 5.40. The molecule has 3 aromatic rings. The van der Waals surface area contributed by atoms with Crippen LogP contribution in [-0.4, -0.2) is 31.8 Å². The number of hydrogen-bond donors (Lipinski definition) is 1. The predicted octanol–water partition coefficient (Wildman–Crippen LogP) is 5.11. The quantitative estimate of drug-likeness (QED) is 0.598. The lowest BCUT2D eigenvalue weighted by Crippen LogP contribution is -2.15. The highest BCUT2D eigenvalue weighted by Gasteiger charge is 2.37. The number of methoxy groups -OCH3 is 1. The van der Waals surface area contributed by atoms with E-state index in [0.29, 0.717) is 35.3 Å². The minimum atomic E-state index is -0.395. The fraction of sp³-hybridized carbons (Fsp3) is 0.400. The van der Waals surface area contributed by atoms with Crippen molar-refractivity contribution >= 4 is 10.9 Å². The molecule has 2 unspecified atom stereocenters. The summed E-state index contributed by atoms with van der Waals surface area (Å²) >= 11 is 0. The molecule has 2 heterocycles. The minimum absolute atomic E-state index is 0.179. The van der Waals surface area contributed by atoms with Crippen molar-refractivity contribution in [2.24, 2.45) is 17.8 Å². The maximum Gasteiger partial charge on any atom is 0.165 e. The molecule has 6 heteroatoms. The van der Waals surface area contributed by atoms with Gasteiger partial charge < -0.3 is 19.5 Å². The number of hydrogen-bond acceptors (Lipinski definition) is 5. The molecule has 0 spiro atoms. The van der Waals surface area contributed by atoms with E-state index in [1.165, 1.54) is 18.9 Å². The smallest absolute Gasteiger partial charge is 0.165 e. The molecule has 2 atom stereocenters. The number of fused-ring (bicyclic) bond motifs is 2. The highest BCUT2D eigenvalue weighted by Crippen LogP contribution is 2.41. The summed E-state index contributed by atoms with van der Waals surface area (Å²) in [6.07, 6.45) is 4.09. The molecule has 2 aliphatic rings. The predicted molar refractivity (Wildman–Crippen MR) is 118 cm³/mol. The van der Waals surface area contributed by atoms with Crippen molar-refractivity contribution in [3.8, 4) is 23.0 Å². The molecule has 1 N–H and O–H groups in total. The Bertz CT molecular complexity index is 1090.